The summed E-state index contributed by atoms with van der Waals surface area (Å²) in [5.74, 6) is 2.45. The van der Waals surface area contributed by atoms with Crippen LogP contribution in [0.15, 0.2) is 54.6 Å². The van der Waals surface area contributed by atoms with Crippen LogP contribution in [0.4, 0.5) is 0 Å². The molecule has 132 valence electrons. The van der Waals surface area contributed by atoms with E-state index in [1.54, 1.807) is 0 Å². The second-order valence-electron chi connectivity index (χ2n) is 6.06. The predicted molar refractivity (Wildman–Crippen MR) is 102 cm³/mol. The van der Waals surface area contributed by atoms with Crippen molar-refractivity contribution in [3.63, 3.8) is 0 Å². The molecule has 0 amide bonds. The number of benzene rings is 3. The van der Waals surface area contributed by atoms with E-state index >= 15 is 0 Å². The van der Waals surface area contributed by atoms with E-state index < -0.39 is 0 Å². The molecule has 4 rings (SSSR count). The molecule has 5 nitrogen and oxygen atoms in total. The van der Waals surface area contributed by atoms with Gasteiger partial charge in [-0.25, -0.2) is 0 Å². The lowest BCUT2D eigenvalue weighted by Crippen LogP contribution is -2.20. The third kappa shape index (κ3) is 3.34. The van der Waals surface area contributed by atoms with Crippen LogP contribution in [-0.2, 0) is 6.54 Å². The van der Waals surface area contributed by atoms with Gasteiger partial charge in [0.2, 0.25) is 6.79 Å². The summed E-state index contributed by atoms with van der Waals surface area (Å²) >= 11 is 0. The van der Waals surface area contributed by atoms with Crippen molar-refractivity contribution in [1.82, 2.24) is 5.32 Å². The molecule has 0 aliphatic carbocycles. The molecular formula is C21H20N2O3. The maximum absolute atomic E-state index is 7.52. The lowest BCUT2D eigenvalue weighted by molar-refractivity contribution is 0.174. The summed E-state index contributed by atoms with van der Waals surface area (Å²) in [7, 11) is 0. The maximum Gasteiger partial charge on any atom is 0.231 e. The van der Waals surface area contributed by atoms with Crippen LogP contribution >= 0.6 is 0 Å². The lowest BCUT2D eigenvalue weighted by Gasteiger charge is -2.11. The molecule has 2 N–H and O–H groups in total. The monoisotopic (exact) mass is 348 g/mol. The summed E-state index contributed by atoms with van der Waals surface area (Å²) in [5, 5.41) is 13.0. The number of hydrogen-bond acceptors (Lipinski definition) is 5. The standard InChI is InChI=1S/C21H20N2O3/c22-12-16-6-8-19(18-4-2-1-3-17(16)18)24-10-9-23-13-15-5-7-20-21(11-15)26-14-25-20/h1-8,11-12,22-23H,9-10,13-14H2. The highest BCUT2D eigenvalue weighted by molar-refractivity contribution is 6.01. The fourth-order valence-corrected chi connectivity index (χ4v) is 3.06. The average Bonchev–Trinajstić information content (AvgIpc) is 3.15. The Labute approximate surface area is 152 Å². The van der Waals surface area contributed by atoms with Crippen LogP contribution in [0.2, 0.25) is 0 Å². The Balaban J connectivity index is 1.33. The zero-order valence-corrected chi connectivity index (χ0v) is 14.3. The van der Waals surface area contributed by atoms with Crippen molar-refractivity contribution in [2.45, 2.75) is 6.54 Å². The highest BCUT2D eigenvalue weighted by Crippen LogP contribution is 2.32. The first-order valence-corrected chi connectivity index (χ1v) is 8.59. The van der Waals surface area contributed by atoms with Crippen molar-refractivity contribution in [3.05, 3.63) is 65.7 Å². The van der Waals surface area contributed by atoms with Crippen molar-refractivity contribution >= 4 is 17.0 Å². The number of ether oxygens (including phenoxy) is 3. The van der Waals surface area contributed by atoms with Crippen molar-refractivity contribution in [1.29, 1.82) is 5.41 Å². The molecule has 0 fully saturated rings. The molecule has 0 bridgehead atoms. The SMILES string of the molecule is N=Cc1ccc(OCCNCc2ccc3c(c2)OCO3)c2ccccc12. The Morgan fingerprint density at radius 3 is 2.73 bits per heavy atom. The number of nitrogens with one attached hydrogen (secondary N) is 2. The van der Waals surface area contributed by atoms with E-state index in [2.05, 4.69) is 5.32 Å². The molecule has 0 atom stereocenters. The summed E-state index contributed by atoms with van der Waals surface area (Å²) in [4.78, 5) is 0. The van der Waals surface area contributed by atoms with Crippen LogP contribution in [0.1, 0.15) is 11.1 Å². The topological polar surface area (TPSA) is 63.6 Å². The van der Waals surface area contributed by atoms with Gasteiger partial charge in [0.1, 0.15) is 12.4 Å². The van der Waals surface area contributed by atoms with E-state index in [1.807, 2.05) is 54.6 Å². The van der Waals surface area contributed by atoms with Gasteiger partial charge in [-0.3, -0.25) is 0 Å². The highest BCUT2D eigenvalue weighted by Gasteiger charge is 2.12. The summed E-state index contributed by atoms with van der Waals surface area (Å²) < 4.78 is 16.7. The Morgan fingerprint density at radius 1 is 1.00 bits per heavy atom. The molecule has 0 aromatic heterocycles. The van der Waals surface area contributed by atoms with Crippen LogP contribution in [0.25, 0.3) is 10.8 Å². The molecule has 1 heterocycles. The van der Waals surface area contributed by atoms with E-state index in [9.17, 15) is 0 Å². The summed E-state index contributed by atoms with van der Waals surface area (Å²) in [6, 6.07) is 17.8. The molecule has 26 heavy (non-hydrogen) atoms. The minimum Gasteiger partial charge on any atom is -0.492 e. The van der Waals surface area contributed by atoms with Crippen LogP contribution in [0, 0.1) is 5.41 Å². The molecule has 0 radical (unpaired) electrons. The van der Waals surface area contributed by atoms with Gasteiger partial charge in [-0.15, -0.1) is 0 Å². The van der Waals surface area contributed by atoms with E-state index in [1.165, 1.54) is 6.21 Å². The molecular weight excluding hydrogens is 328 g/mol. The summed E-state index contributed by atoms with van der Waals surface area (Å²) in [6.07, 6.45) is 1.37. The van der Waals surface area contributed by atoms with Gasteiger partial charge in [0.25, 0.3) is 0 Å². The Bertz CT molecular complexity index is 940. The molecule has 0 saturated carbocycles. The van der Waals surface area contributed by atoms with E-state index in [0.717, 1.165) is 52.2 Å². The predicted octanol–water partition coefficient (Wildman–Crippen LogP) is 3.73. The summed E-state index contributed by atoms with van der Waals surface area (Å²) in [5.41, 5.74) is 2.05. The molecule has 0 unspecified atom stereocenters. The first-order valence-electron chi connectivity index (χ1n) is 8.59. The molecule has 0 saturated heterocycles. The maximum atomic E-state index is 7.52. The van der Waals surface area contributed by atoms with Gasteiger partial charge in [0.15, 0.2) is 11.5 Å². The second kappa shape index (κ2) is 7.45. The van der Waals surface area contributed by atoms with Crippen molar-refractivity contribution in [2.24, 2.45) is 0 Å². The van der Waals surface area contributed by atoms with Crippen LogP contribution in [-0.4, -0.2) is 26.2 Å². The highest BCUT2D eigenvalue weighted by atomic mass is 16.7. The molecule has 1 aliphatic heterocycles. The fourth-order valence-electron chi connectivity index (χ4n) is 3.06. The van der Waals surface area contributed by atoms with Crippen LogP contribution < -0.4 is 19.5 Å². The Hall–Kier alpha value is -3.05. The molecule has 3 aromatic rings. The van der Waals surface area contributed by atoms with E-state index in [-0.39, 0.29) is 0 Å². The van der Waals surface area contributed by atoms with Gasteiger partial charge in [-0.2, -0.15) is 0 Å². The third-order valence-electron chi connectivity index (χ3n) is 4.38. The number of hydrogen-bond donors (Lipinski definition) is 2. The minimum atomic E-state index is 0.296. The van der Waals surface area contributed by atoms with Crippen molar-refractivity contribution < 1.29 is 14.2 Å². The fraction of sp³-hybridized carbons (Fsp3) is 0.190. The zero-order valence-electron chi connectivity index (χ0n) is 14.3. The van der Waals surface area contributed by atoms with Crippen LogP contribution in [0.5, 0.6) is 17.2 Å². The molecule has 0 spiro atoms. The second-order valence-corrected chi connectivity index (χ2v) is 6.06. The first-order chi connectivity index (χ1) is 12.8. The average molecular weight is 348 g/mol. The first kappa shape index (κ1) is 16.4. The van der Waals surface area contributed by atoms with E-state index in [0.29, 0.717) is 13.4 Å². The molecule has 1 aliphatic rings. The van der Waals surface area contributed by atoms with Crippen molar-refractivity contribution in [2.75, 3.05) is 19.9 Å². The molecule has 3 aromatic carbocycles. The van der Waals surface area contributed by atoms with Gasteiger partial charge in [0, 0.05) is 30.3 Å². The van der Waals surface area contributed by atoms with Gasteiger partial charge in [-0.1, -0.05) is 30.3 Å². The normalized spacial score (nSPS) is 12.3. The third-order valence-corrected chi connectivity index (χ3v) is 4.38. The quantitative estimate of drug-likeness (QED) is 0.504. The number of rotatable bonds is 7. The lowest BCUT2D eigenvalue weighted by atomic mass is 10.0. The van der Waals surface area contributed by atoms with Crippen molar-refractivity contribution in [3.8, 4) is 17.2 Å². The van der Waals surface area contributed by atoms with Gasteiger partial charge in [0.05, 0.1) is 0 Å². The van der Waals surface area contributed by atoms with Gasteiger partial charge >= 0.3 is 0 Å². The minimum absolute atomic E-state index is 0.296. The smallest absolute Gasteiger partial charge is 0.231 e. The van der Waals surface area contributed by atoms with Gasteiger partial charge < -0.3 is 24.9 Å². The Kier molecular flexibility index (Phi) is 4.71. The van der Waals surface area contributed by atoms with E-state index in [4.69, 9.17) is 19.6 Å². The van der Waals surface area contributed by atoms with Gasteiger partial charge in [-0.05, 0) is 35.2 Å². The molecule has 5 heteroatoms. The number of fused-ring (bicyclic) bond motifs is 2. The Morgan fingerprint density at radius 2 is 1.85 bits per heavy atom. The summed E-state index contributed by atoms with van der Waals surface area (Å²) in [6.45, 7) is 2.34. The van der Waals surface area contributed by atoms with Crippen LogP contribution in [0.3, 0.4) is 0 Å². The zero-order chi connectivity index (χ0) is 17.8. The largest absolute Gasteiger partial charge is 0.492 e.